The second kappa shape index (κ2) is 8.21. The summed E-state index contributed by atoms with van der Waals surface area (Å²) in [6.45, 7) is 0.236. The first-order valence-corrected chi connectivity index (χ1v) is 8.52. The Kier molecular flexibility index (Phi) is 6.27. The number of carbonyl (C=O) groups is 2. The maximum Gasteiger partial charge on any atom is 0.303 e. The van der Waals surface area contributed by atoms with Crippen LogP contribution in [0.3, 0.4) is 0 Å². The molecule has 2 rings (SSSR count). The number of aromatic hydroxyl groups is 1. The zero-order valence-corrected chi connectivity index (χ0v) is 15.3. The average Bonchev–Trinajstić information content (AvgIpc) is 2.83. The topological polar surface area (TPSA) is 96.3 Å². The lowest BCUT2D eigenvalue weighted by Gasteiger charge is -2.13. The molecule has 25 heavy (non-hydrogen) atoms. The van der Waals surface area contributed by atoms with Crippen LogP contribution >= 0.6 is 24.0 Å². The van der Waals surface area contributed by atoms with Crippen molar-refractivity contribution in [2.24, 2.45) is 0 Å². The fourth-order valence-electron chi connectivity index (χ4n) is 2.23. The van der Waals surface area contributed by atoms with Crippen molar-refractivity contribution < 1.29 is 29.3 Å². The zero-order valence-electron chi connectivity index (χ0n) is 13.6. The van der Waals surface area contributed by atoms with Gasteiger partial charge in [-0.05, 0) is 12.5 Å². The Labute approximate surface area is 154 Å². The van der Waals surface area contributed by atoms with E-state index in [9.17, 15) is 14.7 Å². The van der Waals surface area contributed by atoms with E-state index in [1.165, 1.54) is 31.3 Å². The van der Waals surface area contributed by atoms with Crippen LogP contribution in [0, 0.1) is 0 Å². The molecule has 1 aliphatic rings. The fraction of sp³-hybridized carbons (Fsp3) is 0.312. The van der Waals surface area contributed by atoms with Gasteiger partial charge in [0.15, 0.2) is 0 Å². The zero-order chi connectivity index (χ0) is 18.6. The number of phenols is 1. The number of phenolic OH excluding ortho intramolecular Hbond substituents is 1. The molecule has 1 aliphatic heterocycles. The lowest BCUT2D eigenvalue weighted by molar-refractivity contribution is -0.137. The molecule has 1 saturated heterocycles. The van der Waals surface area contributed by atoms with E-state index in [0.717, 1.165) is 11.8 Å². The van der Waals surface area contributed by atoms with Crippen molar-refractivity contribution in [3.63, 3.8) is 0 Å². The number of methoxy groups -OCH3 is 2. The summed E-state index contributed by atoms with van der Waals surface area (Å²) in [6.07, 6.45) is 1.78. The number of thioether (sulfide) groups is 1. The monoisotopic (exact) mass is 383 g/mol. The highest BCUT2D eigenvalue weighted by atomic mass is 32.2. The SMILES string of the molecule is COc1cc(O)c(/C=C2\SC(=S)N(CCCC(=O)O)C2=O)c(OC)c1. The van der Waals surface area contributed by atoms with E-state index in [-0.39, 0.29) is 24.6 Å². The molecule has 0 bridgehead atoms. The largest absolute Gasteiger partial charge is 0.507 e. The minimum Gasteiger partial charge on any atom is -0.507 e. The van der Waals surface area contributed by atoms with Gasteiger partial charge in [-0.25, -0.2) is 0 Å². The van der Waals surface area contributed by atoms with Gasteiger partial charge in [-0.1, -0.05) is 24.0 Å². The maximum atomic E-state index is 12.5. The van der Waals surface area contributed by atoms with Gasteiger partial charge in [-0.3, -0.25) is 14.5 Å². The number of amides is 1. The predicted octanol–water partition coefficient (Wildman–Crippen LogP) is 2.48. The number of nitrogens with zero attached hydrogens (tertiary/aromatic N) is 1. The van der Waals surface area contributed by atoms with Crippen molar-refractivity contribution in [2.45, 2.75) is 12.8 Å². The number of ether oxygens (including phenoxy) is 2. The van der Waals surface area contributed by atoms with Crippen LogP contribution in [0.15, 0.2) is 17.0 Å². The lowest BCUT2D eigenvalue weighted by Crippen LogP contribution is -2.29. The molecule has 0 aliphatic carbocycles. The van der Waals surface area contributed by atoms with Crippen LogP contribution in [0.4, 0.5) is 0 Å². The van der Waals surface area contributed by atoms with Gasteiger partial charge in [-0.2, -0.15) is 0 Å². The number of carboxylic acids is 1. The standard InChI is InChI=1S/C16H17NO6S2/c1-22-9-6-11(18)10(12(7-9)23-2)8-13-15(21)17(16(24)25-13)5-3-4-14(19)20/h6-8,18H,3-5H2,1-2H3,(H,19,20)/b13-8-. The summed E-state index contributed by atoms with van der Waals surface area (Å²) in [7, 11) is 2.92. The van der Waals surface area contributed by atoms with Crippen LogP contribution in [0.25, 0.3) is 6.08 Å². The van der Waals surface area contributed by atoms with Crippen molar-refractivity contribution in [2.75, 3.05) is 20.8 Å². The van der Waals surface area contributed by atoms with E-state index in [1.54, 1.807) is 6.07 Å². The van der Waals surface area contributed by atoms with Crippen molar-refractivity contribution in [3.8, 4) is 17.2 Å². The van der Waals surface area contributed by atoms with Gasteiger partial charge >= 0.3 is 5.97 Å². The minimum atomic E-state index is -0.922. The molecule has 1 heterocycles. The first-order chi connectivity index (χ1) is 11.9. The molecule has 0 unspecified atom stereocenters. The molecule has 7 nitrogen and oxygen atoms in total. The summed E-state index contributed by atoms with van der Waals surface area (Å²) in [5.74, 6) is -0.556. The van der Waals surface area contributed by atoms with E-state index in [2.05, 4.69) is 0 Å². The van der Waals surface area contributed by atoms with Gasteiger partial charge < -0.3 is 19.7 Å². The second-order valence-electron chi connectivity index (χ2n) is 5.09. The van der Waals surface area contributed by atoms with Crippen LogP contribution in [0.1, 0.15) is 18.4 Å². The molecule has 0 saturated carbocycles. The first kappa shape index (κ1) is 19.1. The molecule has 1 aromatic carbocycles. The Balaban J connectivity index is 2.26. The molecule has 2 N–H and O–H groups in total. The number of hydrogen-bond donors (Lipinski definition) is 2. The lowest BCUT2D eigenvalue weighted by atomic mass is 10.1. The third-order valence-corrected chi connectivity index (χ3v) is 4.85. The van der Waals surface area contributed by atoms with E-state index in [0.29, 0.717) is 32.7 Å². The minimum absolute atomic E-state index is 0.0385. The average molecular weight is 383 g/mol. The van der Waals surface area contributed by atoms with Crippen molar-refractivity contribution in [1.82, 2.24) is 4.90 Å². The predicted molar refractivity (Wildman–Crippen MR) is 98.0 cm³/mol. The van der Waals surface area contributed by atoms with E-state index in [4.69, 9.17) is 26.8 Å². The second-order valence-corrected chi connectivity index (χ2v) is 6.77. The van der Waals surface area contributed by atoms with Gasteiger partial charge in [-0.15, -0.1) is 0 Å². The van der Waals surface area contributed by atoms with Crippen LogP contribution in [-0.4, -0.2) is 52.1 Å². The summed E-state index contributed by atoms with van der Waals surface area (Å²) < 4.78 is 10.7. The smallest absolute Gasteiger partial charge is 0.303 e. The third kappa shape index (κ3) is 4.43. The van der Waals surface area contributed by atoms with Gasteiger partial charge in [0.05, 0.1) is 24.7 Å². The number of benzene rings is 1. The number of rotatable bonds is 7. The quantitative estimate of drug-likeness (QED) is 0.548. The number of thiocarbonyl (C=S) groups is 1. The molecular formula is C16H17NO6S2. The molecule has 134 valence electrons. The van der Waals surface area contributed by atoms with Gasteiger partial charge in [0.2, 0.25) is 0 Å². The van der Waals surface area contributed by atoms with Crippen molar-refractivity contribution in [1.29, 1.82) is 0 Å². The normalized spacial score (nSPS) is 15.8. The molecule has 1 amide bonds. The third-order valence-electron chi connectivity index (χ3n) is 3.47. The maximum absolute atomic E-state index is 12.5. The number of hydrogen-bond acceptors (Lipinski definition) is 7. The molecule has 0 aromatic heterocycles. The molecular weight excluding hydrogens is 366 g/mol. The van der Waals surface area contributed by atoms with Crippen LogP contribution in [0.2, 0.25) is 0 Å². The molecule has 1 fully saturated rings. The Morgan fingerprint density at radius 2 is 2.08 bits per heavy atom. The van der Waals surface area contributed by atoms with Crippen LogP contribution < -0.4 is 9.47 Å². The summed E-state index contributed by atoms with van der Waals surface area (Å²) in [5.41, 5.74) is 0.342. The molecule has 0 atom stereocenters. The fourth-order valence-corrected chi connectivity index (χ4v) is 3.52. The van der Waals surface area contributed by atoms with Gasteiger partial charge in [0.1, 0.15) is 21.6 Å². The summed E-state index contributed by atoms with van der Waals surface area (Å²) in [6, 6.07) is 3.01. The summed E-state index contributed by atoms with van der Waals surface area (Å²) in [5, 5.41) is 18.9. The van der Waals surface area contributed by atoms with Crippen molar-refractivity contribution in [3.05, 3.63) is 22.6 Å². The van der Waals surface area contributed by atoms with Crippen LogP contribution in [0.5, 0.6) is 17.2 Å². The van der Waals surface area contributed by atoms with Gasteiger partial charge in [0.25, 0.3) is 5.91 Å². The highest BCUT2D eigenvalue weighted by Gasteiger charge is 2.32. The Morgan fingerprint density at radius 1 is 1.36 bits per heavy atom. The number of carboxylic acid groups (broad SMARTS) is 1. The summed E-state index contributed by atoms with van der Waals surface area (Å²) >= 11 is 6.29. The van der Waals surface area contributed by atoms with E-state index >= 15 is 0 Å². The highest BCUT2D eigenvalue weighted by molar-refractivity contribution is 8.26. The molecule has 0 spiro atoms. The van der Waals surface area contributed by atoms with E-state index in [1.807, 2.05) is 0 Å². The first-order valence-electron chi connectivity index (χ1n) is 7.29. The van der Waals surface area contributed by atoms with E-state index < -0.39 is 5.97 Å². The number of carbonyl (C=O) groups excluding carboxylic acids is 1. The Morgan fingerprint density at radius 3 is 2.68 bits per heavy atom. The molecule has 0 radical (unpaired) electrons. The van der Waals surface area contributed by atoms with Crippen molar-refractivity contribution >= 4 is 46.3 Å². The number of aliphatic carboxylic acids is 1. The Hall–Kier alpha value is -2.26. The molecule has 9 heteroatoms. The Bertz CT molecular complexity index is 746. The highest BCUT2D eigenvalue weighted by Crippen LogP contribution is 2.39. The summed E-state index contributed by atoms with van der Waals surface area (Å²) in [4.78, 5) is 24.8. The molecule has 1 aromatic rings. The van der Waals surface area contributed by atoms with Crippen LogP contribution in [-0.2, 0) is 9.59 Å². The van der Waals surface area contributed by atoms with Gasteiger partial charge in [0, 0.05) is 25.1 Å².